The van der Waals surface area contributed by atoms with Crippen molar-refractivity contribution in [2.24, 2.45) is 0 Å². The number of hydrogen-bond acceptors (Lipinski definition) is 7. The first-order valence-electron chi connectivity index (χ1n) is 9.52. The van der Waals surface area contributed by atoms with E-state index >= 15 is 0 Å². The summed E-state index contributed by atoms with van der Waals surface area (Å²) < 4.78 is 3.30. The van der Waals surface area contributed by atoms with Crippen molar-refractivity contribution >= 4 is 55.7 Å². The van der Waals surface area contributed by atoms with Gasteiger partial charge in [-0.15, -0.1) is 21.5 Å². The zero-order chi connectivity index (χ0) is 19.8. The van der Waals surface area contributed by atoms with Crippen molar-refractivity contribution in [1.29, 1.82) is 0 Å². The highest BCUT2D eigenvalue weighted by Gasteiger charge is 2.31. The van der Waals surface area contributed by atoms with Gasteiger partial charge < -0.3 is 0 Å². The quantitative estimate of drug-likeness (QED) is 0.374. The summed E-state index contributed by atoms with van der Waals surface area (Å²) in [5.74, 6) is 1.27. The zero-order valence-corrected chi connectivity index (χ0v) is 18.3. The van der Waals surface area contributed by atoms with Crippen LogP contribution >= 0.6 is 34.4 Å². The second-order valence-electron chi connectivity index (χ2n) is 6.78. The average molecular weight is 442 g/mol. The number of rotatable bonds is 7. The number of carbonyl (C=O) groups is 1. The van der Waals surface area contributed by atoms with Crippen molar-refractivity contribution in [3.63, 3.8) is 0 Å². The fraction of sp³-hybridized carbons (Fsp3) is 0.300. The minimum absolute atomic E-state index is 0.0413. The molecular weight excluding hydrogens is 422 g/mol. The predicted molar refractivity (Wildman–Crippen MR) is 120 cm³/mol. The minimum atomic E-state index is 0.0413. The molecule has 0 aliphatic heterocycles. The molecular formula is C20H19N5OS3. The molecule has 1 aromatic carbocycles. The highest BCUT2D eigenvalue weighted by molar-refractivity contribution is 7.99. The van der Waals surface area contributed by atoms with Crippen LogP contribution in [0.1, 0.15) is 25.8 Å². The maximum absolute atomic E-state index is 13.0. The lowest BCUT2D eigenvalue weighted by molar-refractivity contribution is -0.116. The van der Waals surface area contributed by atoms with Crippen LogP contribution in [0.5, 0.6) is 0 Å². The van der Waals surface area contributed by atoms with Gasteiger partial charge in [0.1, 0.15) is 0 Å². The van der Waals surface area contributed by atoms with Crippen LogP contribution < -0.4 is 4.90 Å². The molecule has 148 valence electrons. The van der Waals surface area contributed by atoms with Crippen LogP contribution in [0, 0.1) is 0 Å². The van der Waals surface area contributed by atoms with E-state index in [-0.39, 0.29) is 5.91 Å². The number of para-hydroxylation sites is 1. The fourth-order valence-corrected chi connectivity index (χ4v) is 5.84. The fourth-order valence-electron chi connectivity index (χ4n) is 3.21. The lowest BCUT2D eigenvalue weighted by Crippen LogP contribution is -2.32. The van der Waals surface area contributed by atoms with Crippen LogP contribution in [0.3, 0.4) is 0 Å². The first kappa shape index (κ1) is 18.8. The largest absolute Gasteiger partial charge is 0.298 e. The Hall–Kier alpha value is -2.23. The molecule has 5 rings (SSSR count). The molecule has 1 aliphatic rings. The third-order valence-electron chi connectivity index (χ3n) is 4.77. The Balaban J connectivity index is 1.35. The molecule has 0 bridgehead atoms. The topological polar surface area (TPSA) is 63.9 Å². The highest BCUT2D eigenvalue weighted by Crippen LogP contribution is 2.41. The van der Waals surface area contributed by atoms with Gasteiger partial charge in [0.2, 0.25) is 5.91 Å². The standard InChI is InChI=1S/C20H19N5OS3/c1-2-24(19-21-14-6-3-4-7-15(14)29-19)17(26)12-28-20-23-22-18(16-8-5-11-27-16)25(20)13-9-10-13/h3-8,11,13H,2,9-10,12H2,1H3. The molecule has 9 heteroatoms. The van der Waals surface area contributed by atoms with E-state index in [0.29, 0.717) is 18.3 Å². The zero-order valence-electron chi connectivity index (χ0n) is 15.8. The van der Waals surface area contributed by atoms with Crippen LogP contribution in [0.2, 0.25) is 0 Å². The third kappa shape index (κ3) is 3.70. The summed E-state index contributed by atoms with van der Waals surface area (Å²) in [6, 6.07) is 12.5. The van der Waals surface area contributed by atoms with Gasteiger partial charge in [-0.2, -0.15) is 0 Å². The maximum atomic E-state index is 13.0. The summed E-state index contributed by atoms with van der Waals surface area (Å²) in [5.41, 5.74) is 0.931. The molecule has 1 amide bonds. The van der Waals surface area contributed by atoms with E-state index in [0.717, 1.165) is 44.0 Å². The molecule has 1 fully saturated rings. The number of fused-ring (bicyclic) bond motifs is 1. The number of anilines is 1. The minimum Gasteiger partial charge on any atom is -0.298 e. The molecule has 0 N–H and O–H groups in total. The van der Waals surface area contributed by atoms with Crippen LogP contribution in [-0.2, 0) is 4.79 Å². The SMILES string of the molecule is CCN(C(=O)CSc1nnc(-c2cccs2)n1C1CC1)c1nc2ccccc2s1. The number of amides is 1. The Kier molecular flexibility index (Phi) is 5.11. The van der Waals surface area contributed by atoms with E-state index in [1.165, 1.54) is 11.8 Å². The van der Waals surface area contributed by atoms with Crippen molar-refractivity contribution < 1.29 is 4.79 Å². The predicted octanol–water partition coefficient (Wildman–Crippen LogP) is 5.10. The van der Waals surface area contributed by atoms with Crippen molar-refractivity contribution in [2.45, 2.75) is 31.0 Å². The normalized spacial score (nSPS) is 13.8. The van der Waals surface area contributed by atoms with Gasteiger partial charge in [0.25, 0.3) is 0 Å². The maximum Gasteiger partial charge on any atom is 0.239 e. The van der Waals surface area contributed by atoms with Gasteiger partial charge in [0.15, 0.2) is 16.1 Å². The number of thiazole rings is 1. The summed E-state index contributed by atoms with van der Waals surface area (Å²) in [6.07, 6.45) is 2.29. The molecule has 0 spiro atoms. The Labute approximate surface area is 180 Å². The average Bonchev–Trinajstić information content (AvgIpc) is 3.13. The summed E-state index contributed by atoms with van der Waals surface area (Å²) >= 11 is 4.69. The van der Waals surface area contributed by atoms with Crippen molar-refractivity contribution in [3.05, 3.63) is 41.8 Å². The Morgan fingerprint density at radius 1 is 1.24 bits per heavy atom. The monoisotopic (exact) mass is 441 g/mol. The summed E-state index contributed by atoms with van der Waals surface area (Å²) in [7, 11) is 0. The van der Waals surface area contributed by atoms with E-state index in [9.17, 15) is 4.79 Å². The molecule has 0 saturated heterocycles. The summed E-state index contributed by atoms with van der Waals surface area (Å²) in [5, 5.41) is 12.4. The van der Waals surface area contributed by atoms with Gasteiger partial charge in [-0.3, -0.25) is 14.3 Å². The molecule has 4 aromatic rings. The van der Waals surface area contributed by atoms with E-state index < -0.39 is 0 Å². The molecule has 29 heavy (non-hydrogen) atoms. The molecule has 0 atom stereocenters. The molecule has 3 aromatic heterocycles. The lowest BCUT2D eigenvalue weighted by atomic mass is 10.3. The second-order valence-corrected chi connectivity index (χ2v) is 9.67. The number of aromatic nitrogens is 4. The Morgan fingerprint density at radius 3 is 2.83 bits per heavy atom. The van der Waals surface area contributed by atoms with Gasteiger partial charge >= 0.3 is 0 Å². The van der Waals surface area contributed by atoms with Crippen LogP contribution in [0.15, 0.2) is 46.9 Å². The van der Waals surface area contributed by atoms with Crippen LogP contribution in [-0.4, -0.2) is 38.0 Å². The van der Waals surface area contributed by atoms with Crippen molar-refractivity contribution in [1.82, 2.24) is 19.7 Å². The van der Waals surface area contributed by atoms with E-state index in [4.69, 9.17) is 0 Å². The number of hydrogen-bond donors (Lipinski definition) is 0. The van der Waals surface area contributed by atoms with Crippen LogP contribution in [0.25, 0.3) is 20.9 Å². The lowest BCUT2D eigenvalue weighted by Gasteiger charge is -2.17. The molecule has 0 unspecified atom stereocenters. The van der Waals surface area contributed by atoms with Gasteiger partial charge in [-0.05, 0) is 43.3 Å². The molecule has 0 radical (unpaired) electrons. The summed E-state index contributed by atoms with van der Waals surface area (Å²) in [4.78, 5) is 20.5. The first-order valence-corrected chi connectivity index (χ1v) is 12.2. The molecule has 6 nitrogen and oxygen atoms in total. The number of nitrogens with zero attached hydrogens (tertiary/aromatic N) is 5. The number of thiophene rings is 1. The highest BCUT2D eigenvalue weighted by atomic mass is 32.2. The third-order valence-corrected chi connectivity index (χ3v) is 7.63. The molecule has 1 saturated carbocycles. The van der Waals surface area contributed by atoms with E-state index in [1.807, 2.05) is 37.3 Å². The van der Waals surface area contributed by atoms with E-state index in [2.05, 4.69) is 31.2 Å². The van der Waals surface area contributed by atoms with E-state index in [1.54, 1.807) is 27.6 Å². The smallest absolute Gasteiger partial charge is 0.239 e. The van der Waals surface area contributed by atoms with Gasteiger partial charge in [0.05, 0.1) is 20.8 Å². The first-order chi connectivity index (χ1) is 14.2. The molecule has 3 heterocycles. The second kappa shape index (κ2) is 7.89. The van der Waals surface area contributed by atoms with Gasteiger partial charge in [-0.1, -0.05) is 41.3 Å². The number of thioether (sulfide) groups is 1. The van der Waals surface area contributed by atoms with Gasteiger partial charge in [0, 0.05) is 12.6 Å². The van der Waals surface area contributed by atoms with Crippen molar-refractivity contribution in [3.8, 4) is 10.7 Å². The number of benzene rings is 1. The summed E-state index contributed by atoms with van der Waals surface area (Å²) in [6.45, 7) is 2.57. The Bertz CT molecular complexity index is 1110. The van der Waals surface area contributed by atoms with Gasteiger partial charge in [-0.25, -0.2) is 4.98 Å². The number of carbonyl (C=O) groups excluding carboxylic acids is 1. The molecule has 1 aliphatic carbocycles. The van der Waals surface area contributed by atoms with Crippen LogP contribution in [0.4, 0.5) is 5.13 Å². The Morgan fingerprint density at radius 2 is 2.10 bits per heavy atom. The van der Waals surface area contributed by atoms with Crippen molar-refractivity contribution in [2.75, 3.05) is 17.2 Å².